The van der Waals surface area contributed by atoms with Crippen molar-refractivity contribution in [1.29, 1.82) is 0 Å². The van der Waals surface area contributed by atoms with E-state index in [1.807, 2.05) is 13.8 Å². The van der Waals surface area contributed by atoms with Gasteiger partial charge in [-0.3, -0.25) is 0 Å². The molecular weight excluding hydrogens is 204 g/mol. The highest BCUT2D eigenvalue weighted by atomic mass is 16.3. The summed E-state index contributed by atoms with van der Waals surface area (Å²) >= 11 is 0. The van der Waals surface area contributed by atoms with Crippen molar-refractivity contribution in [2.24, 2.45) is 0 Å². The van der Waals surface area contributed by atoms with Crippen molar-refractivity contribution >= 4 is 0 Å². The molecule has 1 saturated heterocycles. The van der Waals surface area contributed by atoms with E-state index < -0.39 is 0 Å². The van der Waals surface area contributed by atoms with Gasteiger partial charge in [-0.2, -0.15) is 0 Å². The van der Waals surface area contributed by atoms with Crippen LogP contribution in [0.4, 0.5) is 0 Å². The summed E-state index contributed by atoms with van der Waals surface area (Å²) in [5, 5.41) is 18.4. The Balaban J connectivity index is 2.09. The minimum atomic E-state index is -0.187. The van der Waals surface area contributed by atoms with Gasteiger partial charge in [0.05, 0.1) is 12.2 Å². The Morgan fingerprint density at radius 1 is 0.812 bits per heavy atom. The second kappa shape index (κ2) is 7.22. The summed E-state index contributed by atoms with van der Waals surface area (Å²) in [6.45, 7) is 10.1. The van der Waals surface area contributed by atoms with Crippen molar-refractivity contribution in [3.05, 3.63) is 0 Å². The lowest BCUT2D eigenvalue weighted by atomic mass is 10.2. The number of rotatable bonds is 6. The van der Waals surface area contributed by atoms with Crippen LogP contribution < -0.4 is 0 Å². The molecule has 96 valence electrons. The minimum Gasteiger partial charge on any atom is -0.393 e. The number of hydrogen-bond donors (Lipinski definition) is 2. The number of aliphatic hydroxyl groups is 2. The van der Waals surface area contributed by atoms with Crippen molar-refractivity contribution in [3.8, 4) is 0 Å². The molecule has 2 N–H and O–H groups in total. The third-order valence-corrected chi connectivity index (χ3v) is 3.19. The average molecular weight is 230 g/mol. The number of hydrogen-bond acceptors (Lipinski definition) is 4. The molecule has 2 unspecified atom stereocenters. The molecule has 1 heterocycles. The maximum absolute atomic E-state index is 9.22. The molecule has 4 heteroatoms. The molecule has 1 rings (SSSR count). The lowest BCUT2D eigenvalue weighted by Gasteiger charge is -2.35. The van der Waals surface area contributed by atoms with E-state index >= 15 is 0 Å². The molecule has 1 aliphatic heterocycles. The molecule has 0 aliphatic carbocycles. The predicted molar refractivity (Wildman–Crippen MR) is 65.5 cm³/mol. The van der Waals surface area contributed by atoms with Gasteiger partial charge in [0.1, 0.15) is 0 Å². The largest absolute Gasteiger partial charge is 0.393 e. The SMILES string of the molecule is CC(O)CCN1CCN(CCC(C)O)CC1. The van der Waals surface area contributed by atoms with Crippen LogP contribution in [-0.4, -0.2) is 71.5 Å². The van der Waals surface area contributed by atoms with E-state index in [4.69, 9.17) is 0 Å². The van der Waals surface area contributed by atoms with Crippen molar-refractivity contribution in [3.63, 3.8) is 0 Å². The molecule has 0 amide bonds. The smallest absolute Gasteiger partial charge is 0.0524 e. The van der Waals surface area contributed by atoms with Crippen LogP contribution in [0, 0.1) is 0 Å². The van der Waals surface area contributed by atoms with Gasteiger partial charge in [0.25, 0.3) is 0 Å². The van der Waals surface area contributed by atoms with Gasteiger partial charge in [-0.15, -0.1) is 0 Å². The monoisotopic (exact) mass is 230 g/mol. The van der Waals surface area contributed by atoms with Crippen LogP contribution in [0.1, 0.15) is 26.7 Å². The second-order valence-corrected chi connectivity index (χ2v) is 4.96. The molecule has 0 saturated carbocycles. The Labute approximate surface area is 98.9 Å². The first-order chi connectivity index (χ1) is 7.58. The Morgan fingerprint density at radius 2 is 1.12 bits per heavy atom. The summed E-state index contributed by atoms with van der Waals surface area (Å²) in [5.74, 6) is 0. The van der Waals surface area contributed by atoms with Crippen molar-refractivity contribution in [2.45, 2.75) is 38.9 Å². The first-order valence-corrected chi connectivity index (χ1v) is 6.38. The van der Waals surface area contributed by atoms with E-state index in [0.717, 1.165) is 52.1 Å². The third-order valence-electron chi connectivity index (χ3n) is 3.19. The lowest BCUT2D eigenvalue weighted by Crippen LogP contribution is -2.47. The Bertz CT molecular complexity index is 158. The summed E-state index contributed by atoms with van der Waals surface area (Å²) < 4.78 is 0. The van der Waals surface area contributed by atoms with Gasteiger partial charge in [0, 0.05) is 39.3 Å². The van der Waals surface area contributed by atoms with Gasteiger partial charge in [-0.1, -0.05) is 0 Å². The van der Waals surface area contributed by atoms with Gasteiger partial charge >= 0.3 is 0 Å². The van der Waals surface area contributed by atoms with E-state index in [2.05, 4.69) is 9.80 Å². The van der Waals surface area contributed by atoms with Crippen LogP contribution in [-0.2, 0) is 0 Å². The summed E-state index contributed by atoms with van der Waals surface area (Å²) in [6, 6.07) is 0. The molecule has 1 aliphatic rings. The van der Waals surface area contributed by atoms with E-state index in [-0.39, 0.29) is 12.2 Å². The molecule has 4 nitrogen and oxygen atoms in total. The fourth-order valence-electron chi connectivity index (χ4n) is 1.98. The number of piperazine rings is 1. The summed E-state index contributed by atoms with van der Waals surface area (Å²) in [6.07, 6.45) is 1.36. The molecular formula is C12H26N2O2. The van der Waals surface area contributed by atoms with Crippen LogP contribution in [0.15, 0.2) is 0 Å². The Hall–Kier alpha value is -0.160. The molecule has 0 aromatic carbocycles. The van der Waals surface area contributed by atoms with Crippen molar-refractivity contribution < 1.29 is 10.2 Å². The average Bonchev–Trinajstić information content (AvgIpc) is 2.25. The fraction of sp³-hybridized carbons (Fsp3) is 1.00. The predicted octanol–water partition coefficient (Wildman–Crippen LogP) is 0.146. The molecule has 16 heavy (non-hydrogen) atoms. The fourth-order valence-corrected chi connectivity index (χ4v) is 1.98. The first-order valence-electron chi connectivity index (χ1n) is 6.38. The zero-order valence-corrected chi connectivity index (χ0v) is 10.6. The van der Waals surface area contributed by atoms with Gasteiger partial charge in [-0.25, -0.2) is 0 Å². The molecule has 0 aromatic heterocycles. The summed E-state index contributed by atoms with van der Waals surface area (Å²) in [7, 11) is 0. The highest BCUT2D eigenvalue weighted by Gasteiger charge is 2.16. The second-order valence-electron chi connectivity index (χ2n) is 4.96. The van der Waals surface area contributed by atoms with E-state index in [0.29, 0.717) is 0 Å². The quantitative estimate of drug-likeness (QED) is 0.682. The first kappa shape index (κ1) is 13.9. The van der Waals surface area contributed by atoms with Gasteiger partial charge in [-0.05, 0) is 26.7 Å². The molecule has 1 fully saturated rings. The van der Waals surface area contributed by atoms with Crippen LogP contribution in [0.5, 0.6) is 0 Å². The standard InChI is InChI=1S/C12H26N2O2/c1-11(15)3-5-13-7-9-14(10-8-13)6-4-12(2)16/h11-12,15-16H,3-10H2,1-2H3. The van der Waals surface area contributed by atoms with E-state index in [9.17, 15) is 10.2 Å². The Morgan fingerprint density at radius 3 is 1.38 bits per heavy atom. The maximum atomic E-state index is 9.22. The van der Waals surface area contributed by atoms with E-state index in [1.54, 1.807) is 0 Å². The molecule has 2 atom stereocenters. The van der Waals surface area contributed by atoms with Crippen LogP contribution in [0.2, 0.25) is 0 Å². The van der Waals surface area contributed by atoms with Crippen molar-refractivity contribution in [2.75, 3.05) is 39.3 Å². The summed E-state index contributed by atoms with van der Waals surface area (Å²) in [5.41, 5.74) is 0. The number of nitrogens with zero attached hydrogens (tertiary/aromatic N) is 2. The molecule has 0 bridgehead atoms. The van der Waals surface area contributed by atoms with Gasteiger partial charge in [0.15, 0.2) is 0 Å². The highest BCUT2D eigenvalue weighted by Crippen LogP contribution is 2.05. The maximum Gasteiger partial charge on any atom is 0.0524 e. The van der Waals surface area contributed by atoms with Crippen molar-refractivity contribution in [1.82, 2.24) is 9.80 Å². The van der Waals surface area contributed by atoms with Gasteiger partial charge < -0.3 is 20.0 Å². The topological polar surface area (TPSA) is 46.9 Å². The third kappa shape index (κ3) is 5.80. The zero-order valence-electron chi connectivity index (χ0n) is 10.6. The Kier molecular flexibility index (Phi) is 6.28. The number of aliphatic hydroxyl groups excluding tert-OH is 2. The lowest BCUT2D eigenvalue weighted by molar-refractivity contribution is 0.0946. The van der Waals surface area contributed by atoms with E-state index in [1.165, 1.54) is 0 Å². The highest BCUT2D eigenvalue weighted by molar-refractivity contribution is 4.72. The molecule has 0 aromatic rings. The van der Waals surface area contributed by atoms with Gasteiger partial charge in [0.2, 0.25) is 0 Å². The minimum absolute atomic E-state index is 0.187. The summed E-state index contributed by atoms with van der Waals surface area (Å²) in [4.78, 5) is 4.82. The van der Waals surface area contributed by atoms with Crippen LogP contribution in [0.25, 0.3) is 0 Å². The zero-order chi connectivity index (χ0) is 12.0. The molecule has 0 radical (unpaired) electrons. The normalized spacial score (nSPS) is 23.2. The van der Waals surface area contributed by atoms with Crippen LogP contribution in [0.3, 0.4) is 0 Å². The molecule has 0 spiro atoms. The van der Waals surface area contributed by atoms with Crippen LogP contribution >= 0.6 is 0 Å².